The van der Waals surface area contributed by atoms with Crippen LogP contribution in [0.5, 0.6) is 0 Å². The minimum atomic E-state index is 0.143. The van der Waals surface area contributed by atoms with E-state index in [0.717, 1.165) is 49.3 Å². The van der Waals surface area contributed by atoms with Crippen LogP contribution in [-0.4, -0.2) is 42.7 Å². The van der Waals surface area contributed by atoms with Crippen LogP contribution in [0.1, 0.15) is 38.4 Å². The number of nitrogens with zero attached hydrogens (tertiary/aromatic N) is 2. The molecule has 0 bridgehead atoms. The lowest BCUT2D eigenvalue weighted by Gasteiger charge is -2.19. The summed E-state index contributed by atoms with van der Waals surface area (Å²) in [5.74, 6) is 0.875. The van der Waals surface area contributed by atoms with Gasteiger partial charge >= 0.3 is 0 Å². The maximum atomic E-state index is 4.57. The molecule has 3 N–H and O–H groups in total. The van der Waals surface area contributed by atoms with Crippen molar-refractivity contribution in [1.82, 2.24) is 20.9 Å². The van der Waals surface area contributed by atoms with E-state index in [1.165, 1.54) is 0 Å². The van der Waals surface area contributed by atoms with Crippen molar-refractivity contribution in [3.8, 4) is 0 Å². The highest BCUT2D eigenvalue weighted by molar-refractivity contribution is 7.09. The number of aromatic nitrogens is 1. The zero-order valence-corrected chi connectivity index (χ0v) is 14.7. The average molecular weight is 311 g/mol. The van der Waals surface area contributed by atoms with E-state index in [9.17, 15) is 0 Å². The maximum absolute atomic E-state index is 4.57. The van der Waals surface area contributed by atoms with Crippen molar-refractivity contribution in [2.75, 3.05) is 26.2 Å². The molecule has 0 saturated carbocycles. The largest absolute Gasteiger partial charge is 0.357 e. The summed E-state index contributed by atoms with van der Waals surface area (Å²) in [7, 11) is 0. The summed E-state index contributed by atoms with van der Waals surface area (Å²) in [6.07, 6.45) is 0.926. The Labute approximate surface area is 132 Å². The van der Waals surface area contributed by atoms with Gasteiger partial charge in [0.25, 0.3) is 0 Å². The maximum Gasteiger partial charge on any atom is 0.191 e. The standard InChI is InChI=1S/C15H29N5S/c1-6-16-14(18-9-10-19-15(3,4)5)17-8-7-13-11-21-12(2)20-13/h11,19H,6-10H2,1-5H3,(H2,16,17,18). The predicted octanol–water partition coefficient (Wildman–Crippen LogP) is 1.94. The molecule has 1 aromatic rings. The van der Waals surface area contributed by atoms with Crippen molar-refractivity contribution in [3.05, 3.63) is 16.1 Å². The third kappa shape index (κ3) is 8.67. The highest BCUT2D eigenvalue weighted by Gasteiger charge is 2.07. The quantitative estimate of drug-likeness (QED) is 0.409. The van der Waals surface area contributed by atoms with Crippen molar-refractivity contribution < 1.29 is 0 Å². The van der Waals surface area contributed by atoms with Gasteiger partial charge in [0.2, 0.25) is 0 Å². The lowest BCUT2D eigenvalue weighted by atomic mass is 10.1. The molecule has 0 aliphatic carbocycles. The summed E-state index contributed by atoms with van der Waals surface area (Å²) in [6, 6.07) is 0. The van der Waals surface area contributed by atoms with E-state index in [1.54, 1.807) is 11.3 Å². The van der Waals surface area contributed by atoms with E-state index in [2.05, 4.69) is 59.0 Å². The summed E-state index contributed by atoms with van der Waals surface area (Å²) < 4.78 is 0. The van der Waals surface area contributed by atoms with E-state index in [-0.39, 0.29) is 5.54 Å². The van der Waals surface area contributed by atoms with Gasteiger partial charge in [-0.05, 0) is 34.6 Å². The fourth-order valence-electron chi connectivity index (χ4n) is 1.77. The van der Waals surface area contributed by atoms with Gasteiger partial charge in [-0.15, -0.1) is 11.3 Å². The molecule has 1 heterocycles. The van der Waals surface area contributed by atoms with E-state index in [4.69, 9.17) is 0 Å². The molecular weight excluding hydrogens is 282 g/mol. The summed E-state index contributed by atoms with van der Waals surface area (Å²) in [5, 5.41) is 13.3. The van der Waals surface area contributed by atoms with Crippen LogP contribution >= 0.6 is 11.3 Å². The van der Waals surface area contributed by atoms with Crippen molar-refractivity contribution >= 4 is 17.3 Å². The number of nitrogens with one attached hydrogen (secondary N) is 3. The number of guanidine groups is 1. The third-order valence-corrected chi connectivity index (χ3v) is 3.54. The molecule has 0 aromatic carbocycles. The monoisotopic (exact) mass is 311 g/mol. The second kappa shape index (κ2) is 9.00. The van der Waals surface area contributed by atoms with E-state index >= 15 is 0 Å². The summed E-state index contributed by atoms with van der Waals surface area (Å²) in [4.78, 5) is 9.03. The topological polar surface area (TPSA) is 61.3 Å². The number of rotatable bonds is 7. The number of aliphatic imine (C=N–C) groups is 1. The van der Waals surface area contributed by atoms with Crippen molar-refractivity contribution in [1.29, 1.82) is 0 Å². The molecule has 1 rings (SSSR count). The number of hydrogen-bond acceptors (Lipinski definition) is 4. The molecule has 1 aromatic heterocycles. The van der Waals surface area contributed by atoms with Crippen LogP contribution in [-0.2, 0) is 6.42 Å². The SMILES string of the molecule is CCNC(=NCCNC(C)(C)C)NCCc1csc(C)n1. The Bertz CT molecular complexity index is 434. The second-order valence-electron chi connectivity index (χ2n) is 5.97. The summed E-state index contributed by atoms with van der Waals surface area (Å²) in [6.45, 7) is 14.0. The fraction of sp³-hybridized carbons (Fsp3) is 0.733. The smallest absolute Gasteiger partial charge is 0.191 e. The van der Waals surface area contributed by atoms with Crippen molar-refractivity contribution in [2.24, 2.45) is 4.99 Å². The lowest BCUT2D eigenvalue weighted by molar-refractivity contribution is 0.432. The summed E-state index contributed by atoms with van der Waals surface area (Å²) in [5.41, 5.74) is 1.29. The van der Waals surface area contributed by atoms with Crippen molar-refractivity contribution in [2.45, 2.75) is 46.6 Å². The van der Waals surface area contributed by atoms with Crippen LogP contribution < -0.4 is 16.0 Å². The second-order valence-corrected chi connectivity index (χ2v) is 7.03. The van der Waals surface area contributed by atoms with Crippen LogP contribution in [0, 0.1) is 6.92 Å². The molecule has 0 atom stereocenters. The van der Waals surface area contributed by atoms with Crippen LogP contribution in [0.25, 0.3) is 0 Å². The molecule has 0 amide bonds. The minimum Gasteiger partial charge on any atom is -0.357 e. The Hall–Kier alpha value is -1.14. The number of hydrogen-bond donors (Lipinski definition) is 3. The van der Waals surface area contributed by atoms with Gasteiger partial charge in [0.05, 0.1) is 17.2 Å². The van der Waals surface area contributed by atoms with Crippen LogP contribution in [0.3, 0.4) is 0 Å². The zero-order valence-electron chi connectivity index (χ0n) is 13.9. The van der Waals surface area contributed by atoms with Gasteiger partial charge in [-0.2, -0.15) is 0 Å². The molecule has 120 valence electrons. The zero-order chi connectivity index (χ0) is 15.7. The van der Waals surface area contributed by atoms with Gasteiger partial charge in [-0.3, -0.25) is 4.99 Å². The fourth-order valence-corrected chi connectivity index (χ4v) is 2.42. The minimum absolute atomic E-state index is 0.143. The highest BCUT2D eigenvalue weighted by atomic mass is 32.1. The molecular formula is C15H29N5S. The Morgan fingerprint density at radius 1 is 1.29 bits per heavy atom. The first kappa shape index (κ1) is 17.9. The van der Waals surface area contributed by atoms with E-state index < -0.39 is 0 Å². The van der Waals surface area contributed by atoms with Gasteiger partial charge < -0.3 is 16.0 Å². The van der Waals surface area contributed by atoms with Crippen LogP contribution in [0.15, 0.2) is 10.4 Å². The molecule has 0 radical (unpaired) electrons. The Morgan fingerprint density at radius 2 is 2.05 bits per heavy atom. The molecule has 21 heavy (non-hydrogen) atoms. The normalized spacial score (nSPS) is 12.5. The molecule has 0 aliphatic rings. The van der Waals surface area contributed by atoms with Crippen LogP contribution in [0.4, 0.5) is 0 Å². The average Bonchev–Trinajstić information content (AvgIpc) is 2.79. The Kier molecular flexibility index (Phi) is 7.67. The van der Waals surface area contributed by atoms with Crippen molar-refractivity contribution in [3.63, 3.8) is 0 Å². The van der Waals surface area contributed by atoms with Crippen LogP contribution in [0.2, 0.25) is 0 Å². The molecule has 0 fully saturated rings. The highest BCUT2D eigenvalue weighted by Crippen LogP contribution is 2.07. The molecule has 6 heteroatoms. The lowest BCUT2D eigenvalue weighted by Crippen LogP contribution is -2.40. The van der Waals surface area contributed by atoms with Gasteiger partial charge in [0.1, 0.15) is 0 Å². The Morgan fingerprint density at radius 3 is 2.62 bits per heavy atom. The van der Waals surface area contributed by atoms with Gasteiger partial charge in [-0.1, -0.05) is 0 Å². The van der Waals surface area contributed by atoms with Gasteiger partial charge in [0, 0.05) is 37.0 Å². The number of aryl methyl sites for hydroxylation is 1. The third-order valence-electron chi connectivity index (χ3n) is 2.72. The molecule has 0 saturated heterocycles. The molecule has 0 aliphatic heterocycles. The molecule has 0 spiro atoms. The predicted molar refractivity (Wildman–Crippen MR) is 92.3 cm³/mol. The van der Waals surface area contributed by atoms with E-state index in [1.807, 2.05) is 6.92 Å². The molecule has 5 nitrogen and oxygen atoms in total. The molecule has 0 unspecified atom stereocenters. The first-order valence-electron chi connectivity index (χ1n) is 7.59. The van der Waals surface area contributed by atoms with Gasteiger partial charge in [0.15, 0.2) is 5.96 Å². The number of thiazole rings is 1. The van der Waals surface area contributed by atoms with Gasteiger partial charge in [-0.25, -0.2) is 4.98 Å². The summed E-state index contributed by atoms with van der Waals surface area (Å²) >= 11 is 1.70. The van der Waals surface area contributed by atoms with E-state index in [0.29, 0.717) is 0 Å². The Balaban J connectivity index is 2.31. The first-order chi connectivity index (χ1) is 9.90. The first-order valence-corrected chi connectivity index (χ1v) is 8.47.